The van der Waals surface area contributed by atoms with Gasteiger partial charge in [-0.3, -0.25) is 4.68 Å². The van der Waals surface area contributed by atoms with Gasteiger partial charge >= 0.3 is 0 Å². The molecule has 7 heteroatoms. The molecule has 1 aromatic rings. The van der Waals surface area contributed by atoms with Crippen LogP contribution in [0.1, 0.15) is 25.2 Å². The molecule has 1 unspecified atom stereocenters. The number of hydrogen-bond donors (Lipinski definition) is 1. The molecule has 0 aliphatic heterocycles. The van der Waals surface area contributed by atoms with Crippen molar-refractivity contribution in [1.82, 2.24) is 9.78 Å². The molecule has 0 radical (unpaired) electrons. The van der Waals surface area contributed by atoms with Gasteiger partial charge in [0.2, 0.25) is 0 Å². The number of sulfone groups is 1. The van der Waals surface area contributed by atoms with Gasteiger partial charge in [-0.1, -0.05) is 18.5 Å². The second-order valence-corrected chi connectivity index (χ2v) is 6.70. The molecule has 0 amide bonds. The van der Waals surface area contributed by atoms with Gasteiger partial charge in [-0.2, -0.15) is 5.10 Å². The summed E-state index contributed by atoms with van der Waals surface area (Å²) in [5.74, 6) is -0.160. The number of hydrogen-bond acceptors (Lipinski definition) is 4. The predicted molar refractivity (Wildman–Crippen MR) is 68.7 cm³/mol. The molecule has 1 aromatic heterocycles. The van der Waals surface area contributed by atoms with Crippen LogP contribution in [0, 0.1) is 0 Å². The van der Waals surface area contributed by atoms with Crippen molar-refractivity contribution in [2.75, 3.05) is 5.75 Å². The van der Waals surface area contributed by atoms with Crippen molar-refractivity contribution in [2.24, 2.45) is 12.8 Å². The number of rotatable bonds is 5. The van der Waals surface area contributed by atoms with Crippen LogP contribution in [-0.4, -0.2) is 30.0 Å². The van der Waals surface area contributed by atoms with Crippen molar-refractivity contribution in [3.8, 4) is 0 Å². The molecule has 2 N–H and O–H groups in total. The molecule has 98 valence electrons. The Morgan fingerprint density at radius 3 is 2.53 bits per heavy atom. The van der Waals surface area contributed by atoms with E-state index in [1.807, 2.05) is 6.92 Å². The van der Waals surface area contributed by atoms with E-state index in [0.717, 1.165) is 5.69 Å². The zero-order chi connectivity index (χ0) is 13.2. The minimum atomic E-state index is -3.24. The normalized spacial score (nSPS) is 13.9. The number of halogens is 1. The summed E-state index contributed by atoms with van der Waals surface area (Å²) in [5.41, 5.74) is 6.76. The van der Waals surface area contributed by atoms with Crippen LogP contribution < -0.4 is 5.73 Å². The maximum absolute atomic E-state index is 11.8. The van der Waals surface area contributed by atoms with Gasteiger partial charge in [-0.05, 0) is 13.3 Å². The van der Waals surface area contributed by atoms with Crippen LogP contribution in [0.15, 0.2) is 0 Å². The summed E-state index contributed by atoms with van der Waals surface area (Å²) in [6.07, 6.45) is 0.681. The highest BCUT2D eigenvalue weighted by Gasteiger charge is 2.21. The first-order chi connectivity index (χ1) is 7.76. The van der Waals surface area contributed by atoms with Crippen LogP contribution in [0.25, 0.3) is 0 Å². The summed E-state index contributed by atoms with van der Waals surface area (Å²) >= 11 is 6.09. The molecule has 1 atom stereocenters. The van der Waals surface area contributed by atoms with E-state index in [-0.39, 0.29) is 17.5 Å². The third-order valence-corrected chi connectivity index (χ3v) is 4.56. The Labute approximate surface area is 107 Å². The zero-order valence-corrected chi connectivity index (χ0v) is 11.8. The van der Waals surface area contributed by atoms with Gasteiger partial charge in [-0.15, -0.1) is 0 Å². The lowest BCUT2D eigenvalue weighted by molar-refractivity contribution is 0.586. The van der Waals surface area contributed by atoms with Crippen LogP contribution >= 0.6 is 11.6 Å². The van der Waals surface area contributed by atoms with E-state index < -0.39 is 9.84 Å². The van der Waals surface area contributed by atoms with Crippen LogP contribution in [0.5, 0.6) is 0 Å². The number of nitrogens with zero attached hydrogens (tertiary/aromatic N) is 2. The first-order valence-corrected chi connectivity index (χ1v) is 7.63. The molecule has 0 saturated carbocycles. The Balaban J connectivity index is 3.00. The van der Waals surface area contributed by atoms with E-state index in [1.54, 1.807) is 14.0 Å². The van der Waals surface area contributed by atoms with Crippen molar-refractivity contribution >= 4 is 21.4 Å². The molecular formula is C10H18ClN3O2S. The van der Waals surface area contributed by atoms with Gasteiger partial charge in [0.15, 0.2) is 9.84 Å². The highest BCUT2D eigenvalue weighted by Crippen LogP contribution is 2.22. The first-order valence-electron chi connectivity index (χ1n) is 5.43. The summed E-state index contributed by atoms with van der Waals surface area (Å²) in [5, 5.41) is 4.63. The van der Waals surface area contributed by atoms with E-state index in [2.05, 4.69) is 5.10 Å². The minimum absolute atomic E-state index is 0.0457. The van der Waals surface area contributed by atoms with E-state index in [0.29, 0.717) is 17.1 Å². The lowest BCUT2D eigenvalue weighted by Gasteiger charge is -2.07. The first kappa shape index (κ1) is 14.5. The summed E-state index contributed by atoms with van der Waals surface area (Å²) in [7, 11) is -1.55. The third-order valence-electron chi connectivity index (χ3n) is 2.38. The molecule has 0 bridgehead atoms. The number of aromatic nitrogens is 2. The SMILES string of the molecule is CCc1nn(C)c(CS(=O)(=O)CC(C)N)c1Cl. The lowest BCUT2D eigenvalue weighted by Crippen LogP contribution is -2.27. The summed E-state index contributed by atoms with van der Waals surface area (Å²) in [6.45, 7) is 3.59. The number of nitrogens with two attached hydrogens (primary N) is 1. The van der Waals surface area contributed by atoms with Crippen LogP contribution in [0.4, 0.5) is 0 Å². The fourth-order valence-corrected chi connectivity index (χ4v) is 3.75. The van der Waals surface area contributed by atoms with Crippen molar-refractivity contribution in [3.63, 3.8) is 0 Å². The van der Waals surface area contributed by atoms with Gasteiger partial charge in [-0.25, -0.2) is 8.42 Å². The fraction of sp³-hybridized carbons (Fsp3) is 0.700. The molecule has 17 heavy (non-hydrogen) atoms. The van der Waals surface area contributed by atoms with Crippen LogP contribution in [0.3, 0.4) is 0 Å². The molecule has 0 aliphatic rings. The zero-order valence-electron chi connectivity index (χ0n) is 10.3. The van der Waals surface area contributed by atoms with Crippen LogP contribution in [0.2, 0.25) is 5.02 Å². The molecule has 0 fully saturated rings. The molecule has 1 heterocycles. The van der Waals surface area contributed by atoms with Crippen molar-refractivity contribution < 1.29 is 8.42 Å². The molecule has 0 spiro atoms. The average molecular weight is 280 g/mol. The van der Waals surface area contributed by atoms with E-state index >= 15 is 0 Å². The Morgan fingerprint density at radius 1 is 1.53 bits per heavy atom. The summed E-state index contributed by atoms with van der Waals surface area (Å²) in [6, 6.07) is -0.377. The predicted octanol–water partition coefficient (Wildman–Crippen LogP) is 0.898. The van der Waals surface area contributed by atoms with Crippen molar-refractivity contribution in [1.29, 1.82) is 0 Å². The largest absolute Gasteiger partial charge is 0.327 e. The molecule has 0 aromatic carbocycles. The van der Waals surface area contributed by atoms with E-state index in [9.17, 15) is 8.42 Å². The average Bonchev–Trinajstić information content (AvgIpc) is 2.42. The topological polar surface area (TPSA) is 78.0 Å². The van der Waals surface area contributed by atoms with E-state index in [1.165, 1.54) is 4.68 Å². The number of aryl methyl sites for hydroxylation is 2. The Bertz CT molecular complexity index is 494. The quantitative estimate of drug-likeness (QED) is 0.869. The maximum Gasteiger partial charge on any atom is 0.157 e. The Kier molecular flexibility index (Phi) is 4.57. The van der Waals surface area contributed by atoms with Gasteiger partial charge in [0.25, 0.3) is 0 Å². The lowest BCUT2D eigenvalue weighted by atomic mass is 10.3. The second-order valence-electron chi connectivity index (χ2n) is 4.22. The minimum Gasteiger partial charge on any atom is -0.327 e. The highest BCUT2D eigenvalue weighted by atomic mass is 35.5. The second kappa shape index (κ2) is 5.37. The van der Waals surface area contributed by atoms with Crippen molar-refractivity contribution in [3.05, 3.63) is 16.4 Å². The maximum atomic E-state index is 11.8. The van der Waals surface area contributed by atoms with Gasteiger partial charge < -0.3 is 5.73 Å². The molecule has 1 rings (SSSR count). The molecule has 0 saturated heterocycles. The molecule has 5 nitrogen and oxygen atoms in total. The van der Waals surface area contributed by atoms with Crippen LogP contribution in [-0.2, 0) is 29.1 Å². The smallest absolute Gasteiger partial charge is 0.157 e. The Morgan fingerprint density at radius 2 is 2.12 bits per heavy atom. The Hall–Kier alpha value is -0.590. The molecular weight excluding hydrogens is 262 g/mol. The molecule has 0 aliphatic carbocycles. The van der Waals surface area contributed by atoms with Crippen molar-refractivity contribution in [2.45, 2.75) is 32.1 Å². The standard InChI is InChI=1S/C10H18ClN3O2S/c1-4-8-10(11)9(14(3)13-8)6-17(15,16)5-7(2)12/h7H,4-6,12H2,1-3H3. The monoisotopic (exact) mass is 279 g/mol. The van der Waals surface area contributed by atoms with Gasteiger partial charge in [0.1, 0.15) is 0 Å². The third kappa shape index (κ3) is 3.69. The van der Waals surface area contributed by atoms with E-state index in [4.69, 9.17) is 17.3 Å². The van der Waals surface area contributed by atoms with Gasteiger partial charge in [0, 0.05) is 13.1 Å². The van der Waals surface area contributed by atoms with Gasteiger partial charge in [0.05, 0.1) is 27.9 Å². The fourth-order valence-electron chi connectivity index (χ4n) is 1.64. The summed E-state index contributed by atoms with van der Waals surface area (Å²) in [4.78, 5) is 0. The summed E-state index contributed by atoms with van der Waals surface area (Å²) < 4.78 is 25.2. The highest BCUT2D eigenvalue weighted by molar-refractivity contribution is 7.90.